The number of benzene rings is 2. The van der Waals surface area contributed by atoms with E-state index in [1.807, 2.05) is 36.4 Å². The van der Waals surface area contributed by atoms with Crippen LogP contribution in [-0.2, 0) is 0 Å². The summed E-state index contributed by atoms with van der Waals surface area (Å²) in [6.07, 6.45) is -0.477. The molecule has 6 heteroatoms. The largest absolute Gasteiger partial charge is 0.481 e. The van der Waals surface area contributed by atoms with Crippen LogP contribution in [0.2, 0.25) is 0 Å². The first-order valence-electron chi connectivity index (χ1n) is 6.56. The molecule has 1 heterocycles. The molecule has 0 amide bonds. The zero-order valence-corrected chi connectivity index (χ0v) is 14.7. The lowest BCUT2D eigenvalue weighted by Crippen LogP contribution is -2.11. The van der Waals surface area contributed by atoms with Gasteiger partial charge in [0.15, 0.2) is 6.10 Å². The van der Waals surface area contributed by atoms with Crippen molar-refractivity contribution in [3.8, 4) is 5.75 Å². The summed E-state index contributed by atoms with van der Waals surface area (Å²) in [4.78, 5) is 16.6. The quantitative estimate of drug-likeness (QED) is 0.602. The highest BCUT2D eigenvalue weighted by Crippen LogP contribution is 2.27. The van der Waals surface area contributed by atoms with E-state index in [4.69, 9.17) is 9.15 Å². The summed E-state index contributed by atoms with van der Waals surface area (Å²) in [5, 5.41) is 0.414. The second kappa shape index (κ2) is 6.22. The Kier molecular flexibility index (Phi) is 4.31. The highest BCUT2D eigenvalue weighted by atomic mass is 79.9. The summed E-state index contributed by atoms with van der Waals surface area (Å²) >= 11 is 6.76. The Morgan fingerprint density at radius 1 is 1.18 bits per heavy atom. The molecule has 0 aliphatic rings. The number of hydrogen-bond donors (Lipinski definition) is 0. The van der Waals surface area contributed by atoms with Crippen molar-refractivity contribution < 1.29 is 9.15 Å². The van der Waals surface area contributed by atoms with Crippen LogP contribution in [0.15, 0.2) is 60.6 Å². The van der Waals surface area contributed by atoms with Gasteiger partial charge in [-0.2, -0.15) is 0 Å². The first-order valence-corrected chi connectivity index (χ1v) is 8.14. The number of halogens is 2. The molecule has 2 aromatic carbocycles. The second-order valence-corrected chi connectivity index (χ2v) is 6.47. The number of fused-ring (bicyclic) bond motifs is 1. The molecule has 0 saturated heterocycles. The van der Waals surface area contributed by atoms with Crippen molar-refractivity contribution in [1.29, 1.82) is 0 Å². The molecule has 0 fully saturated rings. The summed E-state index contributed by atoms with van der Waals surface area (Å²) in [6.45, 7) is 1.79. The topological polar surface area (TPSA) is 52.3 Å². The van der Waals surface area contributed by atoms with Gasteiger partial charge in [-0.1, -0.05) is 34.1 Å². The van der Waals surface area contributed by atoms with Crippen molar-refractivity contribution in [3.05, 3.63) is 67.7 Å². The third kappa shape index (κ3) is 3.08. The molecule has 4 nitrogen and oxygen atoms in total. The van der Waals surface area contributed by atoms with E-state index < -0.39 is 11.7 Å². The number of ether oxygens (including phenoxy) is 1. The lowest BCUT2D eigenvalue weighted by molar-refractivity contribution is 0.182. The highest BCUT2D eigenvalue weighted by molar-refractivity contribution is 9.11. The maximum atomic E-state index is 12.2. The molecule has 1 unspecified atom stereocenters. The summed E-state index contributed by atoms with van der Waals surface area (Å²) in [5.74, 6) is 0.929. The van der Waals surface area contributed by atoms with Crippen molar-refractivity contribution in [2.45, 2.75) is 13.0 Å². The fourth-order valence-electron chi connectivity index (χ4n) is 2.05. The van der Waals surface area contributed by atoms with Crippen LogP contribution >= 0.6 is 31.9 Å². The summed E-state index contributed by atoms with van der Waals surface area (Å²) in [7, 11) is 0. The molecular weight excluding hydrogens is 414 g/mol. The zero-order chi connectivity index (χ0) is 15.7. The van der Waals surface area contributed by atoms with Crippen LogP contribution in [-0.4, -0.2) is 4.98 Å². The van der Waals surface area contributed by atoms with Crippen molar-refractivity contribution in [3.63, 3.8) is 0 Å². The third-order valence-electron chi connectivity index (χ3n) is 3.07. The van der Waals surface area contributed by atoms with Crippen molar-refractivity contribution in [2.75, 3.05) is 0 Å². The van der Waals surface area contributed by atoms with Crippen LogP contribution in [0.3, 0.4) is 0 Å². The number of para-hydroxylation sites is 1. The molecule has 3 rings (SSSR count). The summed E-state index contributed by atoms with van der Waals surface area (Å²) in [5.41, 5.74) is 0.114. The Bertz CT molecular complexity index is 878. The van der Waals surface area contributed by atoms with Crippen LogP contribution < -0.4 is 10.4 Å². The van der Waals surface area contributed by atoms with E-state index in [0.717, 1.165) is 8.95 Å². The van der Waals surface area contributed by atoms with Gasteiger partial charge in [0.05, 0.1) is 10.9 Å². The normalized spacial score (nSPS) is 12.3. The molecule has 0 aliphatic carbocycles. The van der Waals surface area contributed by atoms with Gasteiger partial charge in [-0.15, -0.1) is 0 Å². The molecule has 3 aromatic rings. The number of nitrogens with zero attached hydrogens (tertiary/aromatic N) is 1. The number of rotatable bonds is 3. The number of aromatic nitrogens is 1. The van der Waals surface area contributed by atoms with Gasteiger partial charge in [-0.3, -0.25) is 0 Å². The molecule has 0 spiro atoms. The summed E-state index contributed by atoms with van der Waals surface area (Å²) in [6, 6.07) is 12.8. The molecule has 1 aromatic heterocycles. The molecule has 0 saturated carbocycles. The fraction of sp³-hybridized carbons (Fsp3) is 0.125. The van der Waals surface area contributed by atoms with Gasteiger partial charge >= 0.3 is 5.63 Å². The fourth-order valence-corrected chi connectivity index (χ4v) is 3.36. The Morgan fingerprint density at radius 2 is 1.91 bits per heavy atom. The van der Waals surface area contributed by atoms with E-state index in [0.29, 0.717) is 16.7 Å². The van der Waals surface area contributed by atoms with E-state index in [-0.39, 0.29) is 5.89 Å². The Balaban J connectivity index is 2.03. The Labute approximate surface area is 143 Å². The van der Waals surface area contributed by atoms with Crippen LogP contribution in [0.25, 0.3) is 10.9 Å². The van der Waals surface area contributed by atoms with E-state index in [9.17, 15) is 4.79 Å². The minimum absolute atomic E-state index is 0.240. The predicted molar refractivity (Wildman–Crippen MR) is 91.2 cm³/mol. The van der Waals surface area contributed by atoms with Crippen molar-refractivity contribution in [1.82, 2.24) is 4.98 Å². The molecule has 0 aliphatic heterocycles. The lowest BCUT2D eigenvalue weighted by atomic mass is 10.2. The standard InChI is InChI=1S/C16H11Br2NO3/c1-9(21-11-5-3-2-4-6-11)15-19-14-12(16(20)22-15)7-10(17)8-13(14)18/h2-9H,1H3. The minimum atomic E-state index is -0.477. The van der Waals surface area contributed by atoms with Gasteiger partial charge < -0.3 is 9.15 Å². The van der Waals surface area contributed by atoms with E-state index >= 15 is 0 Å². The van der Waals surface area contributed by atoms with Crippen molar-refractivity contribution >= 4 is 42.8 Å². The van der Waals surface area contributed by atoms with Gasteiger partial charge in [-0.25, -0.2) is 9.78 Å². The van der Waals surface area contributed by atoms with Gasteiger partial charge in [0.2, 0.25) is 5.89 Å². The lowest BCUT2D eigenvalue weighted by Gasteiger charge is -2.13. The predicted octanol–water partition coefficient (Wildman–Crippen LogP) is 4.85. The van der Waals surface area contributed by atoms with Crippen LogP contribution in [0, 0.1) is 0 Å². The molecule has 1 atom stereocenters. The van der Waals surface area contributed by atoms with Crippen LogP contribution in [0.5, 0.6) is 5.75 Å². The molecule has 0 N–H and O–H groups in total. The highest BCUT2D eigenvalue weighted by Gasteiger charge is 2.16. The molecule has 112 valence electrons. The number of hydrogen-bond acceptors (Lipinski definition) is 4. The molecule has 22 heavy (non-hydrogen) atoms. The second-order valence-electron chi connectivity index (χ2n) is 4.70. The van der Waals surface area contributed by atoms with Crippen molar-refractivity contribution in [2.24, 2.45) is 0 Å². The maximum absolute atomic E-state index is 12.2. The summed E-state index contributed by atoms with van der Waals surface area (Å²) < 4.78 is 12.5. The van der Waals surface area contributed by atoms with E-state index in [2.05, 4.69) is 36.8 Å². The SMILES string of the molecule is CC(Oc1ccccc1)c1nc2c(Br)cc(Br)cc2c(=O)o1. The molecule has 0 radical (unpaired) electrons. The molecule has 0 bridgehead atoms. The van der Waals surface area contributed by atoms with Crippen LogP contribution in [0.1, 0.15) is 18.9 Å². The zero-order valence-electron chi connectivity index (χ0n) is 11.5. The van der Waals surface area contributed by atoms with Gasteiger partial charge in [0.1, 0.15) is 5.75 Å². The third-order valence-corrected chi connectivity index (χ3v) is 4.13. The van der Waals surface area contributed by atoms with Gasteiger partial charge in [0.25, 0.3) is 0 Å². The molecular formula is C16H11Br2NO3. The van der Waals surface area contributed by atoms with Gasteiger partial charge in [0, 0.05) is 8.95 Å². The van der Waals surface area contributed by atoms with Crippen LogP contribution in [0.4, 0.5) is 0 Å². The Hall–Kier alpha value is -1.66. The average Bonchev–Trinajstić information content (AvgIpc) is 2.49. The minimum Gasteiger partial charge on any atom is -0.481 e. The average molecular weight is 425 g/mol. The first kappa shape index (κ1) is 15.2. The van der Waals surface area contributed by atoms with Gasteiger partial charge in [-0.05, 0) is 47.1 Å². The monoisotopic (exact) mass is 423 g/mol. The smallest absolute Gasteiger partial charge is 0.347 e. The maximum Gasteiger partial charge on any atom is 0.347 e. The Morgan fingerprint density at radius 3 is 2.64 bits per heavy atom. The van der Waals surface area contributed by atoms with E-state index in [1.165, 1.54) is 0 Å². The first-order chi connectivity index (χ1) is 10.5. The van der Waals surface area contributed by atoms with E-state index in [1.54, 1.807) is 13.0 Å².